The van der Waals surface area contributed by atoms with Gasteiger partial charge in [-0.1, -0.05) is 30.0 Å². The number of hydrogen-bond acceptors (Lipinski definition) is 5. The largest absolute Gasteiger partial charge is 0.339 e. The van der Waals surface area contributed by atoms with Gasteiger partial charge in [0.1, 0.15) is 6.04 Å². The maximum Gasteiger partial charge on any atom is 0.267 e. The van der Waals surface area contributed by atoms with E-state index in [1.54, 1.807) is 29.7 Å². The van der Waals surface area contributed by atoms with Crippen molar-refractivity contribution in [2.24, 2.45) is 0 Å². The first kappa shape index (κ1) is 21.1. The molecule has 0 aliphatic rings. The van der Waals surface area contributed by atoms with Gasteiger partial charge in [0.15, 0.2) is 0 Å². The summed E-state index contributed by atoms with van der Waals surface area (Å²) >= 11 is 0. The first-order valence-electron chi connectivity index (χ1n) is 8.91. The van der Waals surface area contributed by atoms with Crippen LogP contribution in [0, 0.1) is 11.8 Å². The monoisotopic (exact) mass is 380 g/mol. The predicted octanol–water partition coefficient (Wildman–Crippen LogP) is 0.499. The summed E-state index contributed by atoms with van der Waals surface area (Å²) in [6.45, 7) is 1.53. The van der Waals surface area contributed by atoms with Gasteiger partial charge >= 0.3 is 0 Å². The Morgan fingerprint density at radius 1 is 0.964 bits per heavy atom. The number of hydrogen-bond donors (Lipinski definition) is 5. The van der Waals surface area contributed by atoms with E-state index >= 15 is 0 Å². The van der Waals surface area contributed by atoms with E-state index in [1.807, 2.05) is 37.4 Å². The van der Waals surface area contributed by atoms with Crippen LogP contribution in [0.2, 0.25) is 0 Å². The first-order chi connectivity index (χ1) is 13.6. The SMILES string of the molecule is CNCCNC[C@H](NC(=O)c1ccc(C#Cc2ccccc2)cc1)C(=O)NO. The highest BCUT2D eigenvalue weighted by Crippen LogP contribution is 2.05. The minimum atomic E-state index is -0.896. The average Bonchev–Trinajstić information content (AvgIpc) is 2.74. The van der Waals surface area contributed by atoms with Crippen LogP contribution in [0.4, 0.5) is 0 Å². The second kappa shape index (κ2) is 11.5. The van der Waals surface area contributed by atoms with Crippen LogP contribution in [0.1, 0.15) is 21.5 Å². The summed E-state index contributed by atoms with van der Waals surface area (Å²) in [4.78, 5) is 24.2. The minimum absolute atomic E-state index is 0.195. The highest BCUT2D eigenvalue weighted by molar-refractivity contribution is 5.97. The van der Waals surface area contributed by atoms with Crippen molar-refractivity contribution in [2.75, 3.05) is 26.7 Å². The molecule has 2 amide bonds. The molecule has 146 valence electrons. The average molecular weight is 380 g/mol. The Morgan fingerprint density at radius 2 is 1.61 bits per heavy atom. The van der Waals surface area contributed by atoms with Crippen molar-refractivity contribution in [3.05, 3.63) is 71.3 Å². The maximum absolute atomic E-state index is 12.4. The third-order valence-corrected chi connectivity index (χ3v) is 3.90. The number of likely N-dealkylation sites (N-methyl/N-ethyl adjacent to an activating group) is 1. The molecule has 2 rings (SSSR count). The summed E-state index contributed by atoms with van der Waals surface area (Å²) in [6.07, 6.45) is 0. The molecule has 0 radical (unpaired) electrons. The fourth-order valence-corrected chi connectivity index (χ4v) is 2.36. The van der Waals surface area contributed by atoms with Crippen LogP contribution in [0.15, 0.2) is 54.6 Å². The number of benzene rings is 2. The van der Waals surface area contributed by atoms with Gasteiger partial charge in [0, 0.05) is 36.3 Å². The van der Waals surface area contributed by atoms with E-state index in [0.29, 0.717) is 18.7 Å². The molecule has 0 spiro atoms. The number of rotatable bonds is 8. The topological polar surface area (TPSA) is 102 Å². The molecule has 5 N–H and O–H groups in total. The van der Waals surface area contributed by atoms with Gasteiger partial charge in [-0.25, -0.2) is 5.48 Å². The zero-order valence-electron chi connectivity index (χ0n) is 15.7. The molecule has 2 aromatic carbocycles. The fraction of sp³-hybridized carbons (Fsp3) is 0.238. The third-order valence-electron chi connectivity index (χ3n) is 3.90. The van der Waals surface area contributed by atoms with Crippen LogP contribution in [0.5, 0.6) is 0 Å². The van der Waals surface area contributed by atoms with E-state index in [9.17, 15) is 9.59 Å². The van der Waals surface area contributed by atoms with Gasteiger partial charge in [0.05, 0.1) is 0 Å². The molecule has 7 heteroatoms. The summed E-state index contributed by atoms with van der Waals surface area (Å²) in [5, 5.41) is 17.5. The predicted molar refractivity (Wildman–Crippen MR) is 107 cm³/mol. The summed E-state index contributed by atoms with van der Waals surface area (Å²) in [5.74, 6) is 5.00. The Morgan fingerprint density at radius 3 is 2.21 bits per heavy atom. The molecular weight excluding hydrogens is 356 g/mol. The van der Waals surface area contributed by atoms with E-state index in [-0.39, 0.29) is 6.54 Å². The van der Waals surface area contributed by atoms with Gasteiger partial charge in [-0.2, -0.15) is 0 Å². The molecule has 0 aliphatic heterocycles. The molecule has 0 saturated carbocycles. The van der Waals surface area contributed by atoms with Gasteiger partial charge in [-0.05, 0) is 43.4 Å². The van der Waals surface area contributed by atoms with Gasteiger partial charge in [-0.15, -0.1) is 0 Å². The van der Waals surface area contributed by atoms with Gasteiger partial charge in [-0.3, -0.25) is 14.8 Å². The number of carbonyl (C=O) groups is 2. The molecule has 0 fully saturated rings. The van der Waals surface area contributed by atoms with Gasteiger partial charge in [0.2, 0.25) is 0 Å². The van der Waals surface area contributed by atoms with Crippen LogP contribution in [-0.2, 0) is 4.79 Å². The molecule has 0 heterocycles. The molecule has 1 atom stereocenters. The molecule has 0 aliphatic carbocycles. The van der Waals surface area contributed by atoms with Crippen molar-refractivity contribution in [1.82, 2.24) is 21.4 Å². The molecule has 0 aromatic heterocycles. The zero-order valence-corrected chi connectivity index (χ0v) is 15.7. The van der Waals surface area contributed by atoms with Gasteiger partial charge < -0.3 is 16.0 Å². The van der Waals surface area contributed by atoms with Crippen LogP contribution in [-0.4, -0.2) is 49.7 Å². The van der Waals surface area contributed by atoms with Crippen LogP contribution < -0.4 is 21.4 Å². The number of carbonyl (C=O) groups excluding carboxylic acids is 2. The Hall–Kier alpha value is -3.18. The van der Waals surface area contributed by atoms with E-state index < -0.39 is 17.9 Å². The maximum atomic E-state index is 12.4. The van der Waals surface area contributed by atoms with Crippen LogP contribution in [0.25, 0.3) is 0 Å². The Balaban J connectivity index is 1.98. The summed E-state index contributed by atoms with van der Waals surface area (Å²) < 4.78 is 0. The van der Waals surface area contributed by atoms with E-state index in [4.69, 9.17) is 5.21 Å². The zero-order chi connectivity index (χ0) is 20.2. The lowest BCUT2D eigenvalue weighted by atomic mass is 10.1. The first-order valence-corrected chi connectivity index (χ1v) is 8.91. The van der Waals surface area contributed by atoms with Crippen molar-refractivity contribution in [3.63, 3.8) is 0 Å². The molecule has 0 unspecified atom stereocenters. The lowest BCUT2D eigenvalue weighted by Crippen LogP contribution is -2.51. The Labute approximate surface area is 164 Å². The minimum Gasteiger partial charge on any atom is -0.339 e. The van der Waals surface area contributed by atoms with Crippen LogP contribution >= 0.6 is 0 Å². The third kappa shape index (κ3) is 6.85. The summed E-state index contributed by atoms with van der Waals surface area (Å²) in [6, 6.07) is 15.5. The normalized spacial score (nSPS) is 11.1. The van der Waals surface area contributed by atoms with Gasteiger partial charge in [0.25, 0.3) is 11.8 Å². The van der Waals surface area contributed by atoms with Crippen LogP contribution in [0.3, 0.4) is 0 Å². The molecule has 0 saturated heterocycles. The lowest BCUT2D eigenvalue weighted by molar-refractivity contribution is -0.131. The molecule has 28 heavy (non-hydrogen) atoms. The van der Waals surface area contributed by atoms with Crippen molar-refractivity contribution in [1.29, 1.82) is 0 Å². The highest BCUT2D eigenvalue weighted by Gasteiger charge is 2.20. The number of nitrogens with one attached hydrogen (secondary N) is 4. The quantitative estimate of drug-likeness (QED) is 0.199. The van der Waals surface area contributed by atoms with E-state index in [0.717, 1.165) is 11.1 Å². The number of hydroxylamine groups is 1. The summed E-state index contributed by atoms with van der Waals surface area (Å²) in [5.41, 5.74) is 3.66. The summed E-state index contributed by atoms with van der Waals surface area (Å²) in [7, 11) is 1.81. The molecule has 7 nitrogen and oxygen atoms in total. The fourth-order valence-electron chi connectivity index (χ4n) is 2.36. The lowest BCUT2D eigenvalue weighted by Gasteiger charge is -2.17. The molecule has 2 aromatic rings. The molecule has 0 bridgehead atoms. The molecular formula is C21H24N4O3. The second-order valence-electron chi connectivity index (χ2n) is 6.00. The standard InChI is InChI=1S/C21H24N4O3/c1-22-13-14-23-15-19(21(27)25-28)24-20(26)18-11-9-17(10-12-18)8-7-16-5-3-2-4-6-16/h2-6,9-12,19,22-23,28H,13-15H2,1H3,(H,24,26)(H,25,27)/t19-/m0/s1. The van der Waals surface area contributed by atoms with E-state index in [2.05, 4.69) is 27.8 Å². The Bertz CT molecular complexity index is 826. The highest BCUT2D eigenvalue weighted by atomic mass is 16.5. The van der Waals surface area contributed by atoms with Crippen molar-refractivity contribution < 1.29 is 14.8 Å². The van der Waals surface area contributed by atoms with Crippen molar-refractivity contribution in [2.45, 2.75) is 6.04 Å². The number of amides is 2. The van der Waals surface area contributed by atoms with Crippen molar-refractivity contribution in [3.8, 4) is 11.8 Å². The van der Waals surface area contributed by atoms with E-state index in [1.165, 1.54) is 0 Å². The smallest absolute Gasteiger partial charge is 0.267 e. The second-order valence-corrected chi connectivity index (χ2v) is 6.00. The van der Waals surface area contributed by atoms with Crippen molar-refractivity contribution >= 4 is 11.8 Å². The Kier molecular flexibility index (Phi) is 8.69.